The van der Waals surface area contributed by atoms with Gasteiger partial charge in [0, 0.05) is 4.47 Å². The lowest BCUT2D eigenvalue weighted by Crippen LogP contribution is -2.15. The lowest BCUT2D eigenvalue weighted by atomic mass is 10.1. The van der Waals surface area contributed by atoms with Gasteiger partial charge in [0.1, 0.15) is 5.69 Å². The molecule has 0 saturated carbocycles. The van der Waals surface area contributed by atoms with Gasteiger partial charge in [0.2, 0.25) is 0 Å². The van der Waals surface area contributed by atoms with Gasteiger partial charge >= 0.3 is 12.1 Å². The number of halogens is 6. The van der Waals surface area contributed by atoms with Crippen LogP contribution in [-0.2, 0) is 22.1 Å². The summed E-state index contributed by atoms with van der Waals surface area (Å²) < 4.78 is 66.9. The van der Waals surface area contributed by atoms with E-state index in [0.717, 1.165) is 13.2 Å². The van der Waals surface area contributed by atoms with E-state index in [1.807, 2.05) is 0 Å². The lowest BCUT2D eigenvalue weighted by molar-refractivity contribution is -0.140. The Labute approximate surface area is 112 Å². The van der Waals surface area contributed by atoms with Gasteiger partial charge in [-0.2, -0.15) is 13.2 Å². The van der Waals surface area contributed by atoms with Crippen molar-refractivity contribution in [1.29, 1.82) is 0 Å². The van der Waals surface area contributed by atoms with Gasteiger partial charge in [0.25, 0.3) is 6.43 Å². The minimum atomic E-state index is -4.97. The average molecular weight is 348 g/mol. The number of carbonyl (C=O) groups excluding carboxylic acids is 1. The van der Waals surface area contributed by atoms with Gasteiger partial charge in [-0.1, -0.05) is 15.9 Å². The van der Waals surface area contributed by atoms with Gasteiger partial charge in [-0.25, -0.2) is 8.78 Å². The molecule has 0 unspecified atom stereocenters. The second-order valence-electron chi connectivity index (χ2n) is 3.41. The number of ether oxygens (including phenoxy) is 1. The number of aromatic nitrogens is 1. The number of hydrogen-bond donors (Lipinski definition) is 0. The maximum Gasteiger partial charge on any atom is 0.419 e. The van der Waals surface area contributed by atoms with Crippen LogP contribution in [-0.4, -0.2) is 18.1 Å². The Hall–Kier alpha value is -1.25. The first-order valence-electron chi connectivity index (χ1n) is 4.78. The van der Waals surface area contributed by atoms with E-state index in [0.29, 0.717) is 0 Å². The van der Waals surface area contributed by atoms with Crippen molar-refractivity contribution in [3.63, 3.8) is 0 Å². The third-order valence-corrected chi connectivity index (χ3v) is 2.72. The average Bonchev–Trinajstić information content (AvgIpc) is 2.25. The van der Waals surface area contributed by atoms with Crippen LogP contribution < -0.4 is 0 Å². The Bertz CT molecular complexity index is 490. The highest BCUT2D eigenvalue weighted by atomic mass is 79.9. The number of methoxy groups -OCH3 is 1. The van der Waals surface area contributed by atoms with Crippen molar-refractivity contribution in [3.8, 4) is 0 Å². The van der Waals surface area contributed by atoms with Crippen molar-refractivity contribution in [1.82, 2.24) is 4.98 Å². The highest BCUT2D eigenvalue weighted by Gasteiger charge is 2.39. The minimum absolute atomic E-state index is 0.234. The van der Waals surface area contributed by atoms with E-state index >= 15 is 0 Å². The molecule has 0 aromatic carbocycles. The smallest absolute Gasteiger partial charge is 0.419 e. The molecular formula is C10H7BrF5NO2. The van der Waals surface area contributed by atoms with Crippen molar-refractivity contribution in [2.45, 2.75) is 19.0 Å². The molecule has 1 aromatic rings. The molecule has 3 nitrogen and oxygen atoms in total. The molecule has 1 heterocycles. The fourth-order valence-electron chi connectivity index (χ4n) is 1.33. The predicted molar refractivity (Wildman–Crippen MR) is 57.6 cm³/mol. The van der Waals surface area contributed by atoms with Crippen LogP contribution in [0, 0.1) is 0 Å². The molecule has 0 aliphatic rings. The molecule has 0 amide bonds. The first-order chi connectivity index (χ1) is 8.66. The number of pyridine rings is 1. The molecular weight excluding hydrogens is 341 g/mol. The number of hydrogen-bond acceptors (Lipinski definition) is 3. The van der Waals surface area contributed by atoms with Crippen LogP contribution in [0.4, 0.5) is 22.0 Å². The Morgan fingerprint density at radius 3 is 2.47 bits per heavy atom. The molecule has 0 aliphatic heterocycles. The minimum Gasteiger partial charge on any atom is -0.469 e. The first-order valence-corrected chi connectivity index (χ1v) is 5.57. The molecule has 0 fully saturated rings. The third kappa shape index (κ3) is 3.85. The van der Waals surface area contributed by atoms with Crippen LogP contribution in [0.5, 0.6) is 0 Å². The highest BCUT2D eigenvalue weighted by Crippen LogP contribution is 2.40. The molecule has 0 atom stereocenters. The fraction of sp³-hybridized carbons (Fsp3) is 0.400. The molecule has 0 saturated heterocycles. The van der Waals surface area contributed by atoms with Gasteiger partial charge in [-0.3, -0.25) is 9.78 Å². The lowest BCUT2D eigenvalue weighted by Gasteiger charge is -2.15. The summed E-state index contributed by atoms with van der Waals surface area (Å²) in [6.07, 6.45) is -8.88. The summed E-state index contributed by atoms with van der Waals surface area (Å²) in [4.78, 5) is 14.2. The molecule has 9 heteroatoms. The van der Waals surface area contributed by atoms with Crippen LogP contribution >= 0.6 is 15.9 Å². The largest absolute Gasteiger partial charge is 0.469 e. The SMILES string of the molecule is COC(=O)Cc1cc(Br)c(C(F)(F)F)c(C(F)F)n1. The standard InChI is InChI=1S/C10H7BrF5NO2/c1-19-6(18)3-4-2-5(11)7(10(14,15)16)8(17-4)9(12)13/h2,9H,3H2,1H3. The Morgan fingerprint density at radius 2 is 2.05 bits per heavy atom. The highest BCUT2D eigenvalue weighted by molar-refractivity contribution is 9.10. The number of nitrogens with zero attached hydrogens (tertiary/aromatic N) is 1. The summed E-state index contributed by atoms with van der Waals surface area (Å²) in [5.41, 5.74) is -3.20. The zero-order valence-corrected chi connectivity index (χ0v) is 11.0. The van der Waals surface area contributed by atoms with Gasteiger partial charge in [0.15, 0.2) is 0 Å². The quantitative estimate of drug-likeness (QED) is 0.620. The molecule has 0 spiro atoms. The zero-order chi connectivity index (χ0) is 14.8. The van der Waals surface area contributed by atoms with Gasteiger partial charge in [0.05, 0.1) is 24.8 Å². The van der Waals surface area contributed by atoms with Crippen LogP contribution in [0.2, 0.25) is 0 Å². The molecule has 106 valence electrons. The molecule has 0 N–H and O–H groups in total. The van der Waals surface area contributed by atoms with Crippen molar-refractivity contribution < 1.29 is 31.5 Å². The normalized spacial score (nSPS) is 11.8. The van der Waals surface area contributed by atoms with Crippen LogP contribution in [0.3, 0.4) is 0 Å². The number of esters is 1. The van der Waals surface area contributed by atoms with E-state index in [-0.39, 0.29) is 5.69 Å². The summed E-state index contributed by atoms with van der Waals surface area (Å²) in [6, 6.07) is 0.867. The topological polar surface area (TPSA) is 39.2 Å². The summed E-state index contributed by atoms with van der Waals surface area (Å²) in [5, 5.41) is 0. The number of carbonyl (C=O) groups is 1. The van der Waals surface area contributed by atoms with E-state index in [4.69, 9.17) is 0 Å². The van der Waals surface area contributed by atoms with E-state index in [9.17, 15) is 26.7 Å². The van der Waals surface area contributed by atoms with Gasteiger partial charge in [-0.05, 0) is 6.07 Å². The molecule has 19 heavy (non-hydrogen) atoms. The maximum absolute atomic E-state index is 12.6. The van der Waals surface area contributed by atoms with Crippen LogP contribution in [0.1, 0.15) is 23.4 Å². The first kappa shape index (κ1) is 15.8. The van der Waals surface area contributed by atoms with Crippen LogP contribution in [0.15, 0.2) is 10.5 Å². The molecule has 0 radical (unpaired) electrons. The molecule has 0 aliphatic carbocycles. The summed E-state index contributed by atoms with van der Waals surface area (Å²) in [7, 11) is 1.06. The molecule has 1 rings (SSSR count). The van der Waals surface area contributed by atoms with Crippen molar-refractivity contribution in [3.05, 3.63) is 27.5 Å². The van der Waals surface area contributed by atoms with E-state index in [1.54, 1.807) is 0 Å². The van der Waals surface area contributed by atoms with Crippen molar-refractivity contribution in [2.75, 3.05) is 7.11 Å². The summed E-state index contributed by atoms with van der Waals surface area (Å²) in [5.74, 6) is -0.792. The van der Waals surface area contributed by atoms with Gasteiger partial charge in [-0.15, -0.1) is 0 Å². The number of alkyl halides is 5. The van der Waals surface area contributed by atoms with Gasteiger partial charge < -0.3 is 4.74 Å². The van der Waals surface area contributed by atoms with E-state index in [2.05, 4.69) is 25.7 Å². The second-order valence-corrected chi connectivity index (χ2v) is 4.26. The Morgan fingerprint density at radius 1 is 1.47 bits per heavy atom. The zero-order valence-electron chi connectivity index (χ0n) is 9.39. The molecule has 1 aromatic heterocycles. The number of rotatable bonds is 3. The van der Waals surface area contributed by atoms with Crippen molar-refractivity contribution >= 4 is 21.9 Å². The fourth-order valence-corrected chi connectivity index (χ4v) is 2.02. The summed E-state index contributed by atoms with van der Waals surface area (Å²) >= 11 is 2.57. The second kappa shape index (κ2) is 5.81. The maximum atomic E-state index is 12.6. The van der Waals surface area contributed by atoms with E-state index in [1.165, 1.54) is 0 Å². The van der Waals surface area contributed by atoms with Crippen molar-refractivity contribution in [2.24, 2.45) is 0 Å². The Balaban J connectivity index is 3.34. The Kier molecular flexibility index (Phi) is 4.83. The van der Waals surface area contributed by atoms with E-state index < -0.39 is 40.7 Å². The molecule has 0 bridgehead atoms. The van der Waals surface area contributed by atoms with Crippen LogP contribution in [0.25, 0.3) is 0 Å². The monoisotopic (exact) mass is 347 g/mol. The third-order valence-electron chi connectivity index (χ3n) is 2.10. The predicted octanol–water partition coefficient (Wildman–Crippen LogP) is 3.52. The summed E-state index contributed by atoms with van der Waals surface area (Å²) in [6.45, 7) is 0.